The van der Waals surface area contributed by atoms with Gasteiger partial charge in [-0.3, -0.25) is 9.36 Å². The zero-order valence-electron chi connectivity index (χ0n) is 15.2. The summed E-state index contributed by atoms with van der Waals surface area (Å²) in [6, 6.07) is 9.53. The van der Waals surface area contributed by atoms with E-state index >= 15 is 0 Å². The van der Waals surface area contributed by atoms with Crippen molar-refractivity contribution in [1.82, 2.24) is 9.13 Å². The standard InChI is InChI=1S/C19H27N3O3/c1-12(2)16(20)14(11-10-13-8-6-5-7-9-13)15-17(23)21(3)19(25)22(4)18(15)24/h5-9,12,14,16,23H,10-11,20H2,1-4H3/p-1. The third-order valence-corrected chi connectivity index (χ3v) is 4.84. The first kappa shape index (κ1) is 19.0. The summed E-state index contributed by atoms with van der Waals surface area (Å²) in [6.07, 6.45) is 1.28. The van der Waals surface area contributed by atoms with Crippen molar-refractivity contribution in [1.29, 1.82) is 0 Å². The van der Waals surface area contributed by atoms with Crippen molar-refractivity contribution in [2.75, 3.05) is 0 Å². The van der Waals surface area contributed by atoms with E-state index in [-0.39, 0.29) is 17.5 Å². The molecule has 1 aromatic carbocycles. The number of nitrogens with zero attached hydrogens (tertiary/aromatic N) is 2. The minimum absolute atomic E-state index is 0.0992. The fourth-order valence-electron chi connectivity index (χ4n) is 3.13. The quantitative estimate of drug-likeness (QED) is 0.841. The lowest BCUT2D eigenvalue weighted by Crippen LogP contribution is -2.44. The number of aromatic nitrogens is 2. The molecule has 0 amide bonds. The van der Waals surface area contributed by atoms with Crippen LogP contribution in [0.3, 0.4) is 0 Å². The molecule has 0 aliphatic heterocycles. The number of hydrogen-bond acceptors (Lipinski definition) is 4. The van der Waals surface area contributed by atoms with Crippen molar-refractivity contribution in [3.05, 3.63) is 62.3 Å². The van der Waals surface area contributed by atoms with Gasteiger partial charge in [-0.25, -0.2) is 4.79 Å². The molecule has 0 fully saturated rings. The van der Waals surface area contributed by atoms with E-state index in [4.69, 9.17) is 5.73 Å². The minimum atomic E-state index is -0.612. The Morgan fingerprint density at radius 2 is 1.68 bits per heavy atom. The van der Waals surface area contributed by atoms with Crippen LogP contribution in [0.5, 0.6) is 5.88 Å². The van der Waals surface area contributed by atoms with Crippen LogP contribution in [0.25, 0.3) is 0 Å². The molecule has 0 aliphatic rings. The fraction of sp³-hybridized carbons (Fsp3) is 0.474. The summed E-state index contributed by atoms with van der Waals surface area (Å²) in [4.78, 5) is 24.6. The molecule has 0 spiro atoms. The minimum Gasteiger partial charge on any atom is -0.860 e. The van der Waals surface area contributed by atoms with E-state index in [2.05, 4.69) is 0 Å². The molecular weight excluding hydrogens is 318 g/mol. The monoisotopic (exact) mass is 344 g/mol. The normalized spacial score (nSPS) is 13.8. The van der Waals surface area contributed by atoms with Crippen LogP contribution in [-0.2, 0) is 20.5 Å². The molecule has 2 atom stereocenters. The Bertz CT molecular complexity index is 837. The maximum Gasteiger partial charge on any atom is 0.329 e. The molecule has 0 bridgehead atoms. The van der Waals surface area contributed by atoms with Crippen molar-refractivity contribution in [3.63, 3.8) is 0 Å². The zero-order valence-corrected chi connectivity index (χ0v) is 15.2. The second kappa shape index (κ2) is 7.70. The van der Waals surface area contributed by atoms with Gasteiger partial charge in [0.05, 0.1) is 0 Å². The first-order valence-electron chi connectivity index (χ1n) is 8.52. The second-order valence-corrected chi connectivity index (χ2v) is 6.88. The Morgan fingerprint density at radius 1 is 1.08 bits per heavy atom. The van der Waals surface area contributed by atoms with Gasteiger partial charge >= 0.3 is 5.69 Å². The van der Waals surface area contributed by atoms with Crippen LogP contribution in [0.1, 0.15) is 37.3 Å². The van der Waals surface area contributed by atoms with Crippen LogP contribution in [0.4, 0.5) is 0 Å². The highest BCUT2D eigenvalue weighted by Gasteiger charge is 2.27. The topological polar surface area (TPSA) is 93.1 Å². The fourth-order valence-corrected chi connectivity index (χ4v) is 3.13. The predicted molar refractivity (Wildman–Crippen MR) is 96.7 cm³/mol. The van der Waals surface area contributed by atoms with E-state index in [0.29, 0.717) is 12.8 Å². The van der Waals surface area contributed by atoms with Gasteiger partial charge in [-0.15, -0.1) is 0 Å². The molecule has 2 unspecified atom stereocenters. The summed E-state index contributed by atoms with van der Waals surface area (Å²) >= 11 is 0. The van der Waals surface area contributed by atoms with Gasteiger partial charge in [0.2, 0.25) is 0 Å². The summed E-state index contributed by atoms with van der Waals surface area (Å²) in [5, 5.41) is 12.6. The Hall–Kier alpha value is -2.34. The Kier molecular flexibility index (Phi) is 5.85. The molecule has 1 aromatic heterocycles. The van der Waals surface area contributed by atoms with E-state index < -0.39 is 23.0 Å². The van der Waals surface area contributed by atoms with Gasteiger partial charge in [-0.05, 0) is 30.2 Å². The number of nitrogens with two attached hydrogens (primary N) is 1. The van der Waals surface area contributed by atoms with Gasteiger partial charge in [0, 0.05) is 31.6 Å². The molecule has 6 heteroatoms. The van der Waals surface area contributed by atoms with Gasteiger partial charge in [0.1, 0.15) is 0 Å². The van der Waals surface area contributed by atoms with Crippen LogP contribution >= 0.6 is 0 Å². The molecule has 0 radical (unpaired) electrons. The average molecular weight is 344 g/mol. The highest BCUT2D eigenvalue weighted by molar-refractivity contribution is 5.28. The van der Waals surface area contributed by atoms with E-state index in [1.807, 2.05) is 44.2 Å². The lowest BCUT2D eigenvalue weighted by Gasteiger charge is -2.31. The third kappa shape index (κ3) is 3.85. The molecule has 2 N–H and O–H groups in total. The molecule has 2 rings (SSSR count). The molecule has 0 aliphatic carbocycles. The number of benzene rings is 1. The molecule has 2 aromatic rings. The molecule has 0 saturated carbocycles. The van der Waals surface area contributed by atoms with Crippen LogP contribution in [0.15, 0.2) is 39.9 Å². The molecule has 6 nitrogen and oxygen atoms in total. The van der Waals surface area contributed by atoms with Gasteiger partial charge in [-0.1, -0.05) is 44.2 Å². The van der Waals surface area contributed by atoms with Crippen LogP contribution in [0, 0.1) is 5.92 Å². The van der Waals surface area contributed by atoms with Crippen molar-refractivity contribution in [2.24, 2.45) is 25.7 Å². The number of rotatable bonds is 6. The average Bonchev–Trinajstić information content (AvgIpc) is 2.61. The van der Waals surface area contributed by atoms with Gasteiger partial charge in [0.15, 0.2) is 0 Å². The van der Waals surface area contributed by atoms with Crippen molar-refractivity contribution >= 4 is 0 Å². The summed E-state index contributed by atoms with van der Waals surface area (Å²) in [5.74, 6) is -0.845. The second-order valence-electron chi connectivity index (χ2n) is 6.88. The maximum absolute atomic E-state index is 12.6. The van der Waals surface area contributed by atoms with Crippen LogP contribution < -0.4 is 22.1 Å². The van der Waals surface area contributed by atoms with Crippen molar-refractivity contribution in [2.45, 2.75) is 38.6 Å². The lowest BCUT2D eigenvalue weighted by molar-refractivity contribution is -0.281. The summed E-state index contributed by atoms with van der Waals surface area (Å²) in [7, 11) is 2.78. The molecule has 1 heterocycles. The van der Waals surface area contributed by atoms with Gasteiger partial charge in [-0.2, -0.15) is 0 Å². The Morgan fingerprint density at radius 3 is 2.24 bits per heavy atom. The largest absolute Gasteiger partial charge is 0.860 e. The van der Waals surface area contributed by atoms with E-state index in [1.54, 1.807) is 0 Å². The lowest BCUT2D eigenvalue weighted by atomic mass is 9.82. The molecule has 25 heavy (non-hydrogen) atoms. The van der Waals surface area contributed by atoms with E-state index in [0.717, 1.165) is 14.7 Å². The molecule has 136 valence electrons. The Balaban J connectivity index is 2.50. The zero-order chi connectivity index (χ0) is 18.7. The third-order valence-electron chi connectivity index (χ3n) is 4.84. The first-order chi connectivity index (χ1) is 11.8. The van der Waals surface area contributed by atoms with Crippen LogP contribution in [-0.4, -0.2) is 15.2 Å². The van der Waals surface area contributed by atoms with E-state index in [1.165, 1.54) is 14.1 Å². The van der Waals surface area contributed by atoms with Gasteiger partial charge < -0.3 is 15.4 Å². The SMILES string of the molecule is CC(C)C(N)C(CCc1ccccc1)c1c([O-])n(C)c(=O)n(C)c1=O. The first-order valence-corrected chi connectivity index (χ1v) is 8.52. The highest BCUT2D eigenvalue weighted by atomic mass is 16.3. The maximum atomic E-state index is 12.6. The van der Waals surface area contributed by atoms with Crippen molar-refractivity contribution in [3.8, 4) is 5.88 Å². The summed E-state index contributed by atoms with van der Waals surface area (Å²) in [5.41, 5.74) is 6.44. The summed E-state index contributed by atoms with van der Waals surface area (Å²) in [6.45, 7) is 3.94. The van der Waals surface area contributed by atoms with E-state index in [9.17, 15) is 14.7 Å². The van der Waals surface area contributed by atoms with Crippen LogP contribution in [0.2, 0.25) is 0 Å². The smallest absolute Gasteiger partial charge is 0.329 e. The van der Waals surface area contributed by atoms with Gasteiger partial charge in [0.25, 0.3) is 5.56 Å². The number of aryl methyl sites for hydroxylation is 1. The molecule has 0 saturated heterocycles. The Labute approximate surface area is 147 Å². The summed E-state index contributed by atoms with van der Waals surface area (Å²) < 4.78 is 1.97. The molecular formula is C19H26N3O3-. The number of hydrogen-bond donors (Lipinski definition) is 1. The van der Waals surface area contributed by atoms with Crippen molar-refractivity contribution < 1.29 is 5.11 Å². The highest BCUT2D eigenvalue weighted by Crippen LogP contribution is 2.29. The predicted octanol–water partition coefficient (Wildman–Crippen LogP) is 0.857.